The second kappa shape index (κ2) is 8.01. The number of ether oxygens (including phenoxy) is 1. The van der Waals surface area contributed by atoms with Crippen LogP contribution in [-0.2, 0) is 0 Å². The lowest BCUT2D eigenvalue weighted by Crippen LogP contribution is -2.24. The van der Waals surface area contributed by atoms with E-state index in [9.17, 15) is 18.4 Å². The summed E-state index contributed by atoms with van der Waals surface area (Å²) in [6, 6.07) is 10.9. The standard InChI is InChI=1S/C20H16F2N2O4/c21-13-3-1-12(2-4-13)19(27)15-6-8-18(26)24(20(15)23)17-7-5-14(11-16(17)22)28-10-9-25/h1-8,11,25H,9-10,23H2. The van der Waals surface area contributed by atoms with E-state index in [0.717, 1.165) is 28.8 Å². The largest absolute Gasteiger partial charge is 0.491 e. The number of anilines is 1. The second-order valence-corrected chi connectivity index (χ2v) is 5.83. The summed E-state index contributed by atoms with van der Waals surface area (Å²) in [7, 11) is 0. The molecule has 0 saturated heterocycles. The maximum absolute atomic E-state index is 14.5. The number of aliphatic hydroxyl groups is 1. The first kappa shape index (κ1) is 19.2. The molecule has 3 N–H and O–H groups in total. The van der Waals surface area contributed by atoms with Gasteiger partial charge in [-0.2, -0.15) is 0 Å². The Bertz CT molecular complexity index is 1080. The predicted molar refractivity (Wildman–Crippen MR) is 98.8 cm³/mol. The van der Waals surface area contributed by atoms with E-state index in [0.29, 0.717) is 0 Å². The number of carbonyl (C=O) groups is 1. The summed E-state index contributed by atoms with van der Waals surface area (Å²) in [5.74, 6) is -1.91. The minimum atomic E-state index is -0.796. The first-order valence-corrected chi connectivity index (χ1v) is 8.27. The van der Waals surface area contributed by atoms with Crippen molar-refractivity contribution < 1.29 is 23.4 Å². The van der Waals surface area contributed by atoms with E-state index in [2.05, 4.69) is 0 Å². The topological polar surface area (TPSA) is 94.6 Å². The van der Waals surface area contributed by atoms with Gasteiger partial charge in [0.25, 0.3) is 5.56 Å². The van der Waals surface area contributed by atoms with Crippen LogP contribution in [0.15, 0.2) is 59.4 Å². The monoisotopic (exact) mass is 386 g/mol. The maximum Gasteiger partial charge on any atom is 0.256 e. The molecule has 0 aliphatic rings. The van der Waals surface area contributed by atoms with Crippen molar-refractivity contribution >= 4 is 11.6 Å². The van der Waals surface area contributed by atoms with Crippen molar-refractivity contribution in [3.8, 4) is 11.4 Å². The van der Waals surface area contributed by atoms with Crippen LogP contribution in [0.4, 0.5) is 14.6 Å². The number of halogens is 2. The molecule has 0 aliphatic heterocycles. The van der Waals surface area contributed by atoms with Gasteiger partial charge in [0.05, 0.1) is 17.9 Å². The summed E-state index contributed by atoms with van der Waals surface area (Å²) in [5.41, 5.74) is 5.37. The Morgan fingerprint density at radius 3 is 2.43 bits per heavy atom. The SMILES string of the molecule is Nc1c(C(=O)c2ccc(F)cc2)ccc(=O)n1-c1ccc(OCCO)cc1F. The van der Waals surface area contributed by atoms with Crippen molar-refractivity contribution in [2.75, 3.05) is 18.9 Å². The van der Waals surface area contributed by atoms with Crippen molar-refractivity contribution in [3.05, 3.63) is 87.7 Å². The van der Waals surface area contributed by atoms with E-state index in [4.69, 9.17) is 15.6 Å². The lowest BCUT2D eigenvalue weighted by atomic mass is 10.0. The molecule has 0 amide bonds. The van der Waals surface area contributed by atoms with Gasteiger partial charge in [0.1, 0.15) is 24.0 Å². The van der Waals surface area contributed by atoms with E-state index in [1.807, 2.05) is 0 Å². The zero-order chi connectivity index (χ0) is 20.3. The summed E-state index contributed by atoms with van der Waals surface area (Å²) < 4.78 is 33.6. The van der Waals surface area contributed by atoms with Gasteiger partial charge < -0.3 is 15.6 Å². The van der Waals surface area contributed by atoms with Crippen molar-refractivity contribution in [2.45, 2.75) is 0 Å². The zero-order valence-electron chi connectivity index (χ0n) is 14.6. The number of pyridine rings is 1. The molecule has 1 aromatic heterocycles. The van der Waals surface area contributed by atoms with Crippen molar-refractivity contribution in [1.29, 1.82) is 0 Å². The van der Waals surface area contributed by atoms with Gasteiger partial charge in [-0.1, -0.05) is 0 Å². The molecule has 2 aromatic carbocycles. The van der Waals surface area contributed by atoms with Gasteiger partial charge in [-0.25, -0.2) is 8.78 Å². The molecule has 0 spiro atoms. The van der Waals surface area contributed by atoms with Crippen LogP contribution < -0.4 is 16.0 Å². The zero-order valence-corrected chi connectivity index (χ0v) is 14.6. The smallest absolute Gasteiger partial charge is 0.256 e. The fourth-order valence-electron chi connectivity index (χ4n) is 2.67. The van der Waals surface area contributed by atoms with Crippen molar-refractivity contribution in [3.63, 3.8) is 0 Å². The number of nitrogens with two attached hydrogens (primary N) is 1. The van der Waals surface area contributed by atoms with Crippen LogP contribution in [0.1, 0.15) is 15.9 Å². The number of aromatic nitrogens is 1. The molecular formula is C20H16F2N2O4. The fraction of sp³-hybridized carbons (Fsp3) is 0.100. The highest BCUT2D eigenvalue weighted by Gasteiger charge is 2.19. The maximum atomic E-state index is 14.5. The Morgan fingerprint density at radius 1 is 1.07 bits per heavy atom. The summed E-state index contributed by atoms with van der Waals surface area (Å²) in [4.78, 5) is 25.0. The number of rotatable bonds is 6. The fourth-order valence-corrected chi connectivity index (χ4v) is 2.67. The van der Waals surface area contributed by atoms with Crippen molar-refractivity contribution in [1.82, 2.24) is 4.57 Å². The second-order valence-electron chi connectivity index (χ2n) is 5.83. The number of carbonyl (C=O) groups excluding carboxylic acids is 1. The van der Waals surface area contributed by atoms with Crippen LogP contribution in [0, 0.1) is 11.6 Å². The first-order chi connectivity index (χ1) is 13.4. The number of hydrogen-bond acceptors (Lipinski definition) is 5. The number of nitrogen functional groups attached to an aromatic ring is 1. The van der Waals surface area contributed by atoms with E-state index in [1.165, 1.54) is 30.3 Å². The van der Waals surface area contributed by atoms with Gasteiger partial charge in [-0.05, 0) is 42.5 Å². The lowest BCUT2D eigenvalue weighted by Gasteiger charge is -2.14. The van der Waals surface area contributed by atoms with Crippen molar-refractivity contribution in [2.24, 2.45) is 0 Å². The van der Waals surface area contributed by atoms with E-state index in [1.54, 1.807) is 0 Å². The van der Waals surface area contributed by atoms with Crippen LogP contribution in [0.3, 0.4) is 0 Å². The van der Waals surface area contributed by atoms with Gasteiger partial charge in [-0.3, -0.25) is 14.2 Å². The van der Waals surface area contributed by atoms with Gasteiger partial charge in [-0.15, -0.1) is 0 Å². The molecule has 0 radical (unpaired) electrons. The highest BCUT2D eigenvalue weighted by molar-refractivity contribution is 6.11. The van der Waals surface area contributed by atoms with Gasteiger partial charge in [0.15, 0.2) is 11.6 Å². The molecule has 6 nitrogen and oxygen atoms in total. The highest BCUT2D eigenvalue weighted by Crippen LogP contribution is 2.23. The summed E-state index contributed by atoms with van der Waals surface area (Å²) in [6.45, 7) is -0.244. The average molecular weight is 386 g/mol. The Balaban J connectivity index is 2.06. The van der Waals surface area contributed by atoms with Crippen LogP contribution in [0.2, 0.25) is 0 Å². The molecule has 0 aliphatic carbocycles. The number of aliphatic hydroxyl groups excluding tert-OH is 1. The molecule has 0 saturated carbocycles. The molecule has 3 rings (SSSR count). The van der Waals surface area contributed by atoms with E-state index in [-0.39, 0.29) is 41.6 Å². The minimum Gasteiger partial charge on any atom is -0.491 e. The molecular weight excluding hydrogens is 370 g/mol. The summed E-state index contributed by atoms with van der Waals surface area (Å²) >= 11 is 0. The molecule has 3 aromatic rings. The van der Waals surface area contributed by atoms with E-state index < -0.39 is 23.0 Å². The third kappa shape index (κ3) is 3.77. The Labute approximate surface area is 158 Å². The summed E-state index contributed by atoms with van der Waals surface area (Å²) in [6.07, 6.45) is 0. The minimum absolute atomic E-state index is 0.0114. The van der Waals surface area contributed by atoms with E-state index >= 15 is 0 Å². The van der Waals surface area contributed by atoms with Gasteiger partial charge in [0, 0.05) is 17.7 Å². The molecule has 0 atom stereocenters. The number of ketones is 1. The highest BCUT2D eigenvalue weighted by atomic mass is 19.1. The third-order valence-electron chi connectivity index (χ3n) is 4.00. The van der Waals surface area contributed by atoms with Gasteiger partial charge in [0.2, 0.25) is 0 Å². The predicted octanol–water partition coefficient (Wildman–Crippen LogP) is 2.30. The quantitative estimate of drug-likeness (QED) is 0.634. The third-order valence-corrected chi connectivity index (χ3v) is 4.00. The van der Waals surface area contributed by atoms with Crippen LogP contribution in [0.5, 0.6) is 5.75 Å². The Kier molecular flexibility index (Phi) is 5.51. The molecule has 0 fully saturated rings. The average Bonchev–Trinajstić information content (AvgIpc) is 2.68. The van der Waals surface area contributed by atoms with Crippen LogP contribution >= 0.6 is 0 Å². The van der Waals surface area contributed by atoms with Crippen LogP contribution in [-0.4, -0.2) is 28.7 Å². The Morgan fingerprint density at radius 2 is 1.79 bits per heavy atom. The van der Waals surface area contributed by atoms with Gasteiger partial charge >= 0.3 is 0 Å². The number of benzene rings is 2. The summed E-state index contributed by atoms with van der Waals surface area (Å²) in [5, 5.41) is 8.76. The number of hydrogen-bond donors (Lipinski definition) is 2. The molecule has 8 heteroatoms. The first-order valence-electron chi connectivity index (χ1n) is 8.27. The van der Waals surface area contributed by atoms with Crippen LogP contribution in [0.25, 0.3) is 5.69 Å². The molecule has 0 bridgehead atoms. The molecule has 1 heterocycles. The lowest BCUT2D eigenvalue weighted by molar-refractivity contribution is 0.103. The number of nitrogens with zero attached hydrogens (tertiary/aromatic N) is 1. The molecule has 0 unspecified atom stereocenters. The normalized spacial score (nSPS) is 10.7. The Hall–Kier alpha value is -3.52. The molecule has 144 valence electrons. The molecule has 28 heavy (non-hydrogen) atoms.